The van der Waals surface area contributed by atoms with Gasteiger partial charge in [0.15, 0.2) is 0 Å². The molecule has 1 atom stereocenters. The van der Waals surface area contributed by atoms with Crippen LogP contribution in [0.5, 0.6) is 0 Å². The van der Waals surface area contributed by atoms with Crippen LogP contribution in [0.3, 0.4) is 0 Å². The number of hydrogen-bond acceptors (Lipinski definition) is 3. The second kappa shape index (κ2) is 5.72. The smallest absolute Gasteiger partial charge is 0.0931 e. The highest BCUT2D eigenvalue weighted by Gasteiger charge is 2.41. The van der Waals surface area contributed by atoms with Gasteiger partial charge >= 0.3 is 0 Å². The Morgan fingerprint density at radius 2 is 2.16 bits per heavy atom. The van der Waals surface area contributed by atoms with Gasteiger partial charge in [0.25, 0.3) is 0 Å². The molecule has 1 aromatic rings. The standard InChI is InChI=1S/C15H23ClN2S/c1-12-9-18(10-13-5-6-14(16)19-13)15(11-17-12)7-3-2-4-8-15/h5-6,12,17H,2-4,7-11H2,1H3. The van der Waals surface area contributed by atoms with Crippen LogP contribution in [0.2, 0.25) is 4.34 Å². The van der Waals surface area contributed by atoms with Crippen molar-refractivity contribution in [1.82, 2.24) is 10.2 Å². The number of piperazine rings is 1. The van der Waals surface area contributed by atoms with Crippen molar-refractivity contribution in [1.29, 1.82) is 0 Å². The minimum atomic E-state index is 0.404. The molecule has 2 fully saturated rings. The second-order valence-electron chi connectivity index (χ2n) is 6.15. The van der Waals surface area contributed by atoms with E-state index in [0.717, 1.165) is 24.0 Å². The quantitative estimate of drug-likeness (QED) is 0.891. The third-order valence-corrected chi connectivity index (χ3v) is 5.92. The zero-order chi connectivity index (χ0) is 13.3. The summed E-state index contributed by atoms with van der Waals surface area (Å²) in [6, 6.07) is 4.82. The summed E-state index contributed by atoms with van der Waals surface area (Å²) in [6.07, 6.45) is 6.89. The van der Waals surface area contributed by atoms with Crippen LogP contribution in [-0.4, -0.2) is 29.6 Å². The van der Waals surface area contributed by atoms with Gasteiger partial charge < -0.3 is 5.32 Å². The van der Waals surface area contributed by atoms with Crippen molar-refractivity contribution < 1.29 is 0 Å². The predicted octanol–water partition coefficient (Wildman–Crippen LogP) is 3.90. The van der Waals surface area contributed by atoms with E-state index in [-0.39, 0.29) is 0 Å². The molecule has 0 aromatic carbocycles. The lowest BCUT2D eigenvalue weighted by Gasteiger charge is -2.51. The molecule has 1 aliphatic carbocycles. The van der Waals surface area contributed by atoms with Gasteiger partial charge in [-0.05, 0) is 31.9 Å². The second-order valence-corrected chi connectivity index (χ2v) is 7.95. The molecule has 1 unspecified atom stereocenters. The molecule has 1 saturated carbocycles. The molecule has 106 valence electrons. The van der Waals surface area contributed by atoms with Gasteiger partial charge in [0.05, 0.1) is 4.34 Å². The average Bonchev–Trinajstić information content (AvgIpc) is 2.81. The Morgan fingerprint density at radius 3 is 2.84 bits per heavy atom. The lowest BCUT2D eigenvalue weighted by atomic mass is 9.78. The Hall–Kier alpha value is -0.0900. The van der Waals surface area contributed by atoms with Crippen LogP contribution in [0.4, 0.5) is 0 Å². The molecule has 2 nitrogen and oxygen atoms in total. The van der Waals surface area contributed by atoms with Crippen molar-refractivity contribution in [3.05, 3.63) is 21.3 Å². The van der Waals surface area contributed by atoms with E-state index < -0.39 is 0 Å². The maximum Gasteiger partial charge on any atom is 0.0931 e. The fourth-order valence-electron chi connectivity index (χ4n) is 3.62. The molecule has 0 bridgehead atoms. The van der Waals surface area contributed by atoms with Crippen molar-refractivity contribution in [3.63, 3.8) is 0 Å². The highest BCUT2D eigenvalue weighted by atomic mass is 35.5. The first-order chi connectivity index (χ1) is 9.18. The number of nitrogens with one attached hydrogen (secondary N) is 1. The van der Waals surface area contributed by atoms with Gasteiger partial charge in [-0.25, -0.2) is 0 Å². The lowest BCUT2D eigenvalue weighted by Crippen LogP contribution is -2.64. The Morgan fingerprint density at radius 1 is 1.37 bits per heavy atom. The molecule has 2 heterocycles. The Balaban J connectivity index is 1.77. The molecule has 4 heteroatoms. The zero-order valence-electron chi connectivity index (χ0n) is 11.6. The van der Waals surface area contributed by atoms with E-state index in [1.807, 2.05) is 6.07 Å². The molecule has 1 aromatic heterocycles. The average molecular weight is 299 g/mol. The minimum Gasteiger partial charge on any atom is -0.311 e. The SMILES string of the molecule is CC1CN(Cc2ccc(Cl)s2)C2(CCCCC2)CN1. The van der Waals surface area contributed by atoms with Crippen LogP contribution in [0.1, 0.15) is 43.9 Å². The third kappa shape index (κ3) is 2.99. The summed E-state index contributed by atoms with van der Waals surface area (Å²) >= 11 is 7.81. The van der Waals surface area contributed by atoms with Gasteiger partial charge in [-0.2, -0.15) is 0 Å². The molecule has 1 aliphatic heterocycles. The maximum absolute atomic E-state index is 6.07. The molecule has 1 N–H and O–H groups in total. The Bertz CT molecular complexity index is 426. The molecular formula is C15H23ClN2S. The lowest BCUT2D eigenvalue weighted by molar-refractivity contribution is 0.00692. The Kier molecular flexibility index (Phi) is 4.18. The largest absolute Gasteiger partial charge is 0.311 e. The highest BCUT2D eigenvalue weighted by Crippen LogP contribution is 2.37. The number of nitrogens with zero attached hydrogens (tertiary/aromatic N) is 1. The summed E-state index contributed by atoms with van der Waals surface area (Å²) in [4.78, 5) is 4.14. The Labute approximate surface area is 125 Å². The van der Waals surface area contributed by atoms with E-state index in [2.05, 4.69) is 23.2 Å². The van der Waals surface area contributed by atoms with E-state index in [4.69, 9.17) is 11.6 Å². The first-order valence-corrected chi connectivity index (χ1v) is 8.60. The number of hydrogen-bond donors (Lipinski definition) is 1. The summed E-state index contributed by atoms with van der Waals surface area (Å²) in [7, 11) is 0. The van der Waals surface area contributed by atoms with Gasteiger partial charge in [0, 0.05) is 36.1 Å². The van der Waals surface area contributed by atoms with E-state index >= 15 is 0 Å². The highest BCUT2D eigenvalue weighted by molar-refractivity contribution is 7.16. The van der Waals surface area contributed by atoms with Crippen molar-refractivity contribution in [2.24, 2.45) is 0 Å². The molecule has 3 rings (SSSR count). The summed E-state index contributed by atoms with van der Waals surface area (Å²) < 4.78 is 0.913. The van der Waals surface area contributed by atoms with E-state index in [1.54, 1.807) is 11.3 Å². The molecule has 1 saturated heterocycles. The van der Waals surface area contributed by atoms with E-state index in [1.165, 1.54) is 37.0 Å². The first-order valence-electron chi connectivity index (χ1n) is 7.41. The van der Waals surface area contributed by atoms with E-state index in [9.17, 15) is 0 Å². The van der Waals surface area contributed by atoms with Crippen LogP contribution in [-0.2, 0) is 6.54 Å². The molecule has 19 heavy (non-hydrogen) atoms. The van der Waals surface area contributed by atoms with Gasteiger partial charge in [-0.1, -0.05) is 30.9 Å². The van der Waals surface area contributed by atoms with Gasteiger partial charge in [-0.3, -0.25) is 4.90 Å². The van der Waals surface area contributed by atoms with Crippen molar-refractivity contribution in [2.75, 3.05) is 13.1 Å². The van der Waals surface area contributed by atoms with Crippen LogP contribution in [0.25, 0.3) is 0 Å². The number of halogens is 1. The van der Waals surface area contributed by atoms with Gasteiger partial charge in [-0.15, -0.1) is 11.3 Å². The third-order valence-electron chi connectivity index (χ3n) is 4.70. The number of thiophene rings is 1. The fraction of sp³-hybridized carbons (Fsp3) is 0.733. The molecule has 0 amide bonds. The van der Waals surface area contributed by atoms with Crippen LogP contribution in [0, 0.1) is 0 Å². The molecule has 2 aliphatic rings. The normalized spacial score (nSPS) is 27.8. The topological polar surface area (TPSA) is 15.3 Å². The zero-order valence-corrected chi connectivity index (χ0v) is 13.2. The van der Waals surface area contributed by atoms with Crippen LogP contribution in [0.15, 0.2) is 12.1 Å². The van der Waals surface area contributed by atoms with Crippen LogP contribution < -0.4 is 5.32 Å². The van der Waals surface area contributed by atoms with Gasteiger partial charge in [0.1, 0.15) is 0 Å². The molecular weight excluding hydrogens is 276 g/mol. The summed E-state index contributed by atoms with van der Waals surface area (Å²) in [6.45, 7) is 5.69. The van der Waals surface area contributed by atoms with Crippen molar-refractivity contribution in [2.45, 2.75) is 57.2 Å². The van der Waals surface area contributed by atoms with E-state index in [0.29, 0.717) is 11.6 Å². The predicted molar refractivity (Wildman–Crippen MR) is 83.0 cm³/mol. The molecule has 1 spiro atoms. The maximum atomic E-state index is 6.07. The molecule has 0 radical (unpaired) electrons. The summed E-state index contributed by atoms with van der Waals surface area (Å²) in [5, 5.41) is 3.70. The summed E-state index contributed by atoms with van der Waals surface area (Å²) in [5.41, 5.74) is 0.404. The monoisotopic (exact) mass is 298 g/mol. The van der Waals surface area contributed by atoms with Gasteiger partial charge in [0.2, 0.25) is 0 Å². The minimum absolute atomic E-state index is 0.404. The van der Waals surface area contributed by atoms with Crippen molar-refractivity contribution in [3.8, 4) is 0 Å². The first kappa shape index (κ1) is 13.9. The van der Waals surface area contributed by atoms with Crippen molar-refractivity contribution >= 4 is 22.9 Å². The fourth-order valence-corrected chi connectivity index (χ4v) is 4.73. The summed E-state index contributed by atoms with van der Waals surface area (Å²) in [5.74, 6) is 0. The van der Waals surface area contributed by atoms with Crippen LogP contribution >= 0.6 is 22.9 Å². The number of rotatable bonds is 2.